The van der Waals surface area contributed by atoms with E-state index in [1.54, 1.807) is 6.07 Å². The number of aryl methyl sites for hydroxylation is 1. The zero-order valence-corrected chi connectivity index (χ0v) is 11.9. The van der Waals surface area contributed by atoms with E-state index in [0.29, 0.717) is 0 Å². The highest BCUT2D eigenvalue weighted by Crippen LogP contribution is 2.06. The smallest absolute Gasteiger partial charge is 0.376 e. The highest BCUT2D eigenvalue weighted by molar-refractivity contribution is 14.1. The number of rotatable bonds is 3. The minimum absolute atomic E-state index is 0.107. The number of ether oxygens (including phenoxy) is 1. The van der Waals surface area contributed by atoms with Gasteiger partial charge in [-0.15, -0.1) is 0 Å². The molecular formula is C13H11IN2O2. The number of nitrogens with zero attached hydrogens (tertiary/aromatic N) is 2. The van der Waals surface area contributed by atoms with Crippen molar-refractivity contribution in [2.75, 3.05) is 0 Å². The first-order valence-electron chi connectivity index (χ1n) is 5.37. The fourth-order valence-electron chi connectivity index (χ4n) is 1.41. The van der Waals surface area contributed by atoms with E-state index in [0.717, 1.165) is 15.0 Å². The second-order valence-corrected chi connectivity index (χ2v) is 4.82. The predicted molar refractivity (Wildman–Crippen MR) is 75.0 cm³/mol. The van der Waals surface area contributed by atoms with Crippen molar-refractivity contribution in [3.05, 3.63) is 57.2 Å². The Bertz CT molecular complexity index is 538. The SMILES string of the molecule is Cc1cc(I)nc(C(=O)OCc2ccccc2)n1. The van der Waals surface area contributed by atoms with Gasteiger partial charge in [-0.05, 0) is 41.1 Å². The molecule has 0 fully saturated rings. The summed E-state index contributed by atoms with van der Waals surface area (Å²) in [4.78, 5) is 19.9. The molecule has 92 valence electrons. The molecule has 0 spiro atoms. The largest absolute Gasteiger partial charge is 0.455 e. The lowest BCUT2D eigenvalue weighted by Gasteiger charge is -2.04. The van der Waals surface area contributed by atoms with Crippen LogP contribution in [0.5, 0.6) is 0 Å². The van der Waals surface area contributed by atoms with Crippen molar-refractivity contribution in [3.8, 4) is 0 Å². The molecule has 0 atom stereocenters. The second kappa shape index (κ2) is 5.90. The summed E-state index contributed by atoms with van der Waals surface area (Å²) in [6.07, 6.45) is 0. The Morgan fingerprint density at radius 1 is 1.28 bits per heavy atom. The van der Waals surface area contributed by atoms with Gasteiger partial charge in [-0.2, -0.15) is 0 Å². The lowest BCUT2D eigenvalue weighted by atomic mass is 10.2. The number of hydrogen-bond acceptors (Lipinski definition) is 4. The van der Waals surface area contributed by atoms with E-state index in [9.17, 15) is 4.79 Å². The van der Waals surface area contributed by atoms with Crippen molar-refractivity contribution in [1.29, 1.82) is 0 Å². The van der Waals surface area contributed by atoms with Crippen LogP contribution in [-0.4, -0.2) is 15.9 Å². The lowest BCUT2D eigenvalue weighted by Crippen LogP contribution is -2.11. The summed E-state index contributed by atoms with van der Waals surface area (Å²) in [6.45, 7) is 2.05. The van der Waals surface area contributed by atoms with Crippen molar-refractivity contribution in [2.45, 2.75) is 13.5 Å². The summed E-state index contributed by atoms with van der Waals surface area (Å²) in [7, 11) is 0. The van der Waals surface area contributed by atoms with Crippen LogP contribution in [0.3, 0.4) is 0 Å². The predicted octanol–water partition coefficient (Wildman–Crippen LogP) is 2.75. The Morgan fingerprint density at radius 2 is 2.00 bits per heavy atom. The van der Waals surface area contributed by atoms with Gasteiger partial charge in [0, 0.05) is 5.69 Å². The van der Waals surface area contributed by atoms with Gasteiger partial charge < -0.3 is 4.74 Å². The molecule has 0 saturated heterocycles. The summed E-state index contributed by atoms with van der Waals surface area (Å²) >= 11 is 2.05. The minimum atomic E-state index is -0.500. The van der Waals surface area contributed by atoms with E-state index < -0.39 is 5.97 Å². The Morgan fingerprint density at radius 3 is 2.67 bits per heavy atom. The van der Waals surface area contributed by atoms with Gasteiger partial charge in [0.1, 0.15) is 10.3 Å². The van der Waals surface area contributed by atoms with E-state index in [1.165, 1.54) is 0 Å². The van der Waals surface area contributed by atoms with Gasteiger partial charge in [0.05, 0.1) is 0 Å². The fourth-order valence-corrected chi connectivity index (χ4v) is 2.09. The summed E-state index contributed by atoms with van der Waals surface area (Å²) in [5.74, 6) is -0.393. The molecule has 5 heteroatoms. The zero-order chi connectivity index (χ0) is 13.0. The van der Waals surface area contributed by atoms with Gasteiger partial charge in [-0.1, -0.05) is 30.3 Å². The lowest BCUT2D eigenvalue weighted by molar-refractivity contribution is 0.0457. The molecule has 0 bridgehead atoms. The van der Waals surface area contributed by atoms with E-state index in [2.05, 4.69) is 9.97 Å². The van der Waals surface area contributed by atoms with Crippen LogP contribution in [0.2, 0.25) is 0 Å². The van der Waals surface area contributed by atoms with Crippen molar-refractivity contribution in [3.63, 3.8) is 0 Å². The van der Waals surface area contributed by atoms with Gasteiger partial charge in [0.25, 0.3) is 0 Å². The molecule has 0 unspecified atom stereocenters. The molecule has 1 aromatic heterocycles. The first-order valence-corrected chi connectivity index (χ1v) is 6.45. The molecule has 1 heterocycles. The van der Waals surface area contributed by atoms with Crippen molar-refractivity contribution in [1.82, 2.24) is 9.97 Å². The van der Waals surface area contributed by atoms with Crippen LogP contribution < -0.4 is 0 Å². The van der Waals surface area contributed by atoms with E-state index >= 15 is 0 Å². The Hall–Kier alpha value is -1.50. The number of aromatic nitrogens is 2. The van der Waals surface area contributed by atoms with Gasteiger partial charge in [-0.25, -0.2) is 14.8 Å². The fraction of sp³-hybridized carbons (Fsp3) is 0.154. The molecule has 0 radical (unpaired) electrons. The molecule has 2 aromatic rings. The first-order chi connectivity index (χ1) is 8.65. The molecule has 2 rings (SSSR count). The average molecular weight is 354 g/mol. The molecule has 0 aliphatic rings. The maximum atomic E-state index is 11.8. The van der Waals surface area contributed by atoms with Gasteiger partial charge in [0.15, 0.2) is 0 Å². The Kier molecular flexibility index (Phi) is 4.24. The van der Waals surface area contributed by atoms with Crippen LogP contribution in [0, 0.1) is 10.6 Å². The number of halogens is 1. The monoisotopic (exact) mass is 354 g/mol. The number of esters is 1. The molecule has 0 saturated carbocycles. The minimum Gasteiger partial charge on any atom is -0.455 e. The molecule has 18 heavy (non-hydrogen) atoms. The van der Waals surface area contributed by atoms with E-state index in [1.807, 2.05) is 59.8 Å². The van der Waals surface area contributed by atoms with Gasteiger partial charge in [-0.3, -0.25) is 0 Å². The van der Waals surface area contributed by atoms with Crippen LogP contribution in [0.25, 0.3) is 0 Å². The topological polar surface area (TPSA) is 52.1 Å². The normalized spacial score (nSPS) is 10.1. The van der Waals surface area contributed by atoms with E-state index in [4.69, 9.17) is 4.74 Å². The third-order valence-corrected chi connectivity index (χ3v) is 2.77. The molecule has 0 aliphatic heterocycles. The second-order valence-electron chi connectivity index (χ2n) is 3.72. The number of benzene rings is 1. The van der Waals surface area contributed by atoms with Gasteiger partial charge in [0.2, 0.25) is 5.82 Å². The summed E-state index contributed by atoms with van der Waals surface area (Å²) in [6, 6.07) is 11.3. The quantitative estimate of drug-likeness (QED) is 0.483. The maximum Gasteiger partial charge on any atom is 0.376 e. The van der Waals surface area contributed by atoms with Crippen LogP contribution in [-0.2, 0) is 11.3 Å². The summed E-state index contributed by atoms with van der Waals surface area (Å²) in [5, 5.41) is 0. The zero-order valence-electron chi connectivity index (χ0n) is 9.76. The third kappa shape index (κ3) is 3.49. The molecule has 0 amide bonds. The highest BCUT2D eigenvalue weighted by Gasteiger charge is 2.12. The average Bonchev–Trinajstić information content (AvgIpc) is 2.36. The van der Waals surface area contributed by atoms with Crippen LogP contribution in [0.4, 0.5) is 0 Å². The van der Waals surface area contributed by atoms with Crippen LogP contribution in [0.1, 0.15) is 21.9 Å². The summed E-state index contributed by atoms with van der Waals surface area (Å²) < 4.78 is 5.89. The molecular weight excluding hydrogens is 343 g/mol. The van der Waals surface area contributed by atoms with Crippen molar-refractivity contribution in [2.24, 2.45) is 0 Å². The molecule has 4 nitrogen and oxygen atoms in total. The standard InChI is InChI=1S/C13H11IN2O2/c1-9-7-11(14)16-12(15-9)13(17)18-8-10-5-3-2-4-6-10/h2-7H,8H2,1H3. The van der Waals surface area contributed by atoms with Crippen molar-refractivity contribution < 1.29 is 9.53 Å². The number of carbonyl (C=O) groups is 1. The van der Waals surface area contributed by atoms with Gasteiger partial charge >= 0.3 is 5.97 Å². The Balaban J connectivity index is 2.04. The first kappa shape index (κ1) is 12.9. The van der Waals surface area contributed by atoms with Crippen LogP contribution in [0.15, 0.2) is 36.4 Å². The Labute approximate surface area is 119 Å². The molecule has 0 aliphatic carbocycles. The number of hydrogen-bond donors (Lipinski definition) is 0. The summed E-state index contributed by atoms with van der Waals surface area (Å²) in [5.41, 5.74) is 1.69. The van der Waals surface area contributed by atoms with Crippen LogP contribution >= 0.6 is 22.6 Å². The van der Waals surface area contributed by atoms with E-state index in [-0.39, 0.29) is 12.4 Å². The highest BCUT2D eigenvalue weighted by atomic mass is 127. The maximum absolute atomic E-state index is 11.8. The third-order valence-electron chi connectivity index (χ3n) is 2.22. The molecule has 0 N–H and O–H groups in total. The van der Waals surface area contributed by atoms with Crippen molar-refractivity contribution >= 4 is 28.6 Å². The number of carbonyl (C=O) groups excluding carboxylic acids is 1. The molecule has 1 aromatic carbocycles.